The van der Waals surface area contributed by atoms with Crippen molar-refractivity contribution in [2.45, 2.75) is 13.3 Å². The highest BCUT2D eigenvalue weighted by molar-refractivity contribution is 6.21. The van der Waals surface area contributed by atoms with Gasteiger partial charge in [0.25, 0.3) is 11.8 Å². The molecule has 2 aromatic heterocycles. The normalized spacial score (nSPS) is 12.9. The van der Waals surface area contributed by atoms with Crippen LogP contribution in [0.4, 0.5) is 0 Å². The molecule has 0 bridgehead atoms. The molecular weight excluding hydrogens is 432 g/mol. The number of ether oxygens (including phenoxy) is 1. The van der Waals surface area contributed by atoms with Gasteiger partial charge in [0.05, 0.1) is 40.1 Å². The minimum atomic E-state index is -0.497. The molecule has 0 fully saturated rings. The molecule has 8 nitrogen and oxygen atoms in total. The van der Waals surface area contributed by atoms with Crippen molar-refractivity contribution in [2.75, 3.05) is 13.2 Å². The monoisotopic (exact) mass is 454 g/mol. The molecule has 0 radical (unpaired) electrons. The summed E-state index contributed by atoms with van der Waals surface area (Å²) in [5.74, 6) is -1.13. The summed E-state index contributed by atoms with van der Waals surface area (Å²) in [6, 6.07) is 18.1. The van der Waals surface area contributed by atoms with Crippen LogP contribution in [-0.2, 0) is 11.8 Å². The molecule has 34 heavy (non-hydrogen) atoms. The standard InChI is InChI=1S/C26H22N4O4/c1-16-22-20(15-21(17-9-4-3-5-10-17)27-23(22)29(2)28-16)26(33)34-14-8-13-30-24(31)18-11-6-7-12-19(18)25(30)32/h3-7,9-12,15H,8,13-14H2,1-2H3. The first-order valence-corrected chi connectivity index (χ1v) is 11.0. The molecule has 0 spiro atoms. The Balaban J connectivity index is 1.32. The average molecular weight is 454 g/mol. The van der Waals surface area contributed by atoms with E-state index in [9.17, 15) is 14.4 Å². The molecule has 2 amide bonds. The highest BCUT2D eigenvalue weighted by Crippen LogP contribution is 2.27. The van der Waals surface area contributed by atoms with Gasteiger partial charge >= 0.3 is 5.97 Å². The van der Waals surface area contributed by atoms with Gasteiger partial charge in [-0.05, 0) is 31.5 Å². The van der Waals surface area contributed by atoms with Crippen LogP contribution in [0.5, 0.6) is 0 Å². The predicted octanol–water partition coefficient (Wildman–Crippen LogP) is 3.79. The lowest BCUT2D eigenvalue weighted by molar-refractivity contribution is 0.0484. The van der Waals surface area contributed by atoms with Crippen LogP contribution in [0.15, 0.2) is 60.7 Å². The fraction of sp³-hybridized carbons (Fsp3) is 0.192. The van der Waals surface area contributed by atoms with Crippen molar-refractivity contribution in [3.05, 3.63) is 83.0 Å². The van der Waals surface area contributed by atoms with Crippen molar-refractivity contribution in [1.82, 2.24) is 19.7 Å². The summed E-state index contributed by atoms with van der Waals surface area (Å²) in [5, 5.41) is 5.06. The van der Waals surface area contributed by atoms with Crippen LogP contribution >= 0.6 is 0 Å². The Kier molecular flexibility index (Phi) is 5.41. The minimum Gasteiger partial charge on any atom is -0.462 e. The third-order valence-electron chi connectivity index (χ3n) is 5.90. The van der Waals surface area contributed by atoms with Gasteiger partial charge in [-0.1, -0.05) is 42.5 Å². The van der Waals surface area contributed by atoms with E-state index in [2.05, 4.69) is 5.10 Å². The Bertz CT molecular complexity index is 1410. The molecule has 0 unspecified atom stereocenters. The number of nitrogens with zero attached hydrogens (tertiary/aromatic N) is 4. The third-order valence-corrected chi connectivity index (χ3v) is 5.90. The molecule has 1 aliphatic heterocycles. The Morgan fingerprint density at radius 2 is 1.62 bits per heavy atom. The molecule has 5 rings (SSSR count). The van der Waals surface area contributed by atoms with Gasteiger partial charge in [0.2, 0.25) is 0 Å². The van der Waals surface area contributed by atoms with Crippen molar-refractivity contribution in [3.63, 3.8) is 0 Å². The van der Waals surface area contributed by atoms with Crippen LogP contribution in [0, 0.1) is 6.92 Å². The number of pyridine rings is 1. The van der Waals surface area contributed by atoms with E-state index in [1.165, 1.54) is 4.90 Å². The topological polar surface area (TPSA) is 94.4 Å². The maximum Gasteiger partial charge on any atom is 0.339 e. The molecular formula is C26H22N4O4. The number of esters is 1. The van der Waals surface area contributed by atoms with Gasteiger partial charge in [0.15, 0.2) is 5.65 Å². The zero-order valence-electron chi connectivity index (χ0n) is 18.8. The summed E-state index contributed by atoms with van der Waals surface area (Å²) < 4.78 is 7.19. The lowest BCUT2D eigenvalue weighted by Crippen LogP contribution is -2.31. The molecule has 170 valence electrons. The number of benzene rings is 2. The minimum absolute atomic E-state index is 0.0655. The maximum atomic E-state index is 13.1. The zero-order chi connectivity index (χ0) is 23.8. The second kappa shape index (κ2) is 8.55. The Labute approximate surface area is 195 Å². The molecule has 2 aromatic carbocycles. The Morgan fingerprint density at radius 1 is 0.971 bits per heavy atom. The van der Waals surface area contributed by atoms with Crippen molar-refractivity contribution in [3.8, 4) is 11.3 Å². The van der Waals surface area contributed by atoms with Crippen LogP contribution in [-0.4, -0.2) is 50.6 Å². The molecule has 4 aromatic rings. The number of fused-ring (bicyclic) bond motifs is 2. The largest absolute Gasteiger partial charge is 0.462 e. The van der Waals surface area contributed by atoms with E-state index < -0.39 is 5.97 Å². The smallest absolute Gasteiger partial charge is 0.339 e. The third kappa shape index (κ3) is 3.63. The van der Waals surface area contributed by atoms with Gasteiger partial charge in [-0.3, -0.25) is 19.2 Å². The predicted molar refractivity (Wildman–Crippen MR) is 125 cm³/mol. The number of carbonyl (C=O) groups excluding carboxylic acids is 3. The number of imide groups is 1. The molecule has 0 atom stereocenters. The molecule has 0 N–H and O–H groups in total. The van der Waals surface area contributed by atoms with Crippen LogP contribution in [0.2, 0.25) is 0 Å². The summed E-state index contributed by atoms with van der Waals surface area (Å²) >= 11 is 0. The molecule has 8 heteroatoms. The number of aromatic nitrogens is 3. The lowest BCUT2D eigenvalue weighted by Gasteiger charge is -2.14. The summed E-state index contributed by atoms with van der Waals surface area (Å²) in [7, 11) is 1.79. The highest BCUT2D eigenvalue weighted by Gasteiger charge is 2.34. The van der Waals surface area contributed by atoms with Gasteiger partial charge in [-0.2, -0.15) is 5.10 Å². The van der Waals surface area contributed by atoms with Gasteiger partial charge in [0, 0.05) is 19.2 Å². The number of rotatable bonds is 6. The summed E-state index contributed by atoms with van der Waals surface area (Å²) in [6.07, 6.45) is 0.336. The van der Waals surface area contributed by atoms with Gasteiger partial charge in [-0.25, -0.2) is 9.78 Å². The Hall–Kier alpha value is -4.33. The fourth-order valence-electron chi connectivity index (χ4n) is 4.27. The first kappa shape index (κ1) is 21.5. The second-order valence-electron chi connectivity index (χ2n) is 8.13. The van der Waals surface area contributed by atoms with Crippen molar-refractivity contribution >= 4 is 28.8 Å². The van der Waals surface area contributed by atoms with Crippen LogP contribution in [0.3, 0.4) is 0 Å². The zero-order valence-corrected chi connectivity index (χ0v) is 18.8. The molecule has 0 saturated carbocycles. The maximum absolute atomic E-state index is 13.1. The van der Waals surface area contributed by atoms with Gasteiger partial charge in [-0.15, -0.1) is 0 Å². The van der Waals surface area contributed by atoms with Gasteiger partial charge < -0.3 is 4.74 Å². The fourth-order valence-corrected chi connectivity index (χ4v) is 4.27. The van der Waals surface area contributed by atoms with E-state index in [-0.39, 0.29) is 25.0 Å². The van der Waals surface area contributed by atoms with Crippen LogP contribution in [0.25, 0.3) is 22.3 Å². The summed E-state index contributed by atoms with van der Waals surface area (Å²) in [6.45, 7) is 2.06. The Morgan fingerprint density at radius 3 is 2.29 bits per heavy atom. The lowest BCUT2D eigenvalue weighted by atomic mass is 10.1. The van der Waals surface area contributed by atoms with E-state index in [1.807, 2.05) is 37.3 Å². The van der Waals surface area contributed by atoms with Crippen LogP contribution < -0.4 is 0 Å². The SMILES string of the molecule is Cc1nn(C)c2nc(-c3ccccc3)cc(C(=O)OCCCN3C(=O)c4ccccc4C3=O)c12. The molecule has 3 heterocycles. The van der Waals surface area contributed by atoms with E-state index in [0.717, 1.165) is 5.56 Å². The summed E-state index contributed by atoms with van der Waals surface area (Å²) in [5.41, 5.74) is 4.00. The number of hydrogen-bond donors (Lipinski definition) is 0. The number of carbonyl (C=O) groups is 3. The van der Waals surface area contributed by atoms with E-state index in [0.29, 0.717) is 45.5 Å². The van der Waals surface area contributed by atoms with Crippen molar-refractivity contribution < 1.29 is 19.1 Å². The van der Waals surface area contributed by atoms with E-state index >= 15 is 0 Å². The molecule has 0 aliphatic carbocycles. The quantitative estimate of drug-likeness (QED) is 0.250. The number of hydrogen-bond acceptors (Lipinski definition) is 6. The average Bonchev–Trinajstić information content (AvgIpc) is 3.29. The first-order chi connectivity index (χ1) is 16.5. The molecule has 1 aliphatic rings. The number of aryl methyl sites for hydroxylation is 2. The van der Waals surface area contributed by atoms with E-state index in [4.69, 9.17) is 9.72 Å². The van der Waals surface area contributed by atoms with Crippen LogP contribution in [0.1, 0.15) is 43.2 Å². The summed E-state index contributed by atoms with van der Waals surface area (Å²) in [4.78, 5) is 44.0. The van der Waals surface area contributed by atoms with E-state index in [1.54, 1.807) is 42.1 Å². The number of amides is 2. The highest BCUT2D eigenvalue weighted by atomic mass is 16.5. The van der Waals surface area contributed by atoms with Gasteiger partial charge in [0.1, 0.15) is 0 Å². The molecule has 0 saturated heterocycles. The first-order valence-electron chi connectivity index (χ1n) is 11.0. The van der Waals surface area contributed by atoms with Crippen molar-refractivity contribution in [1.29, 1.82) is 0 Å². The second-order valence-corrected chi connectivity index (χ2v) is 8.13. The van der Waals surface area contributed by atoms with Crippen molar-refractivity contribution in [2.24, 2.45) is 7.05 Å².